The first-order valence-corrected chi connectivity index (χ1v) is 12.2. The molecule has 1 aliphatic carbocycles. The molecule has 2 fully saturated rings. The first-order chi connectivity index (χ1) is 13.0. The Labute approximate surface area is 177 Å². The number of halogens is 2. The molecule has 1 amide bonds. The van der Waals surface area contributed by atoms with Crippen LogP contribution >= 0.6 is 23.2 Å². The lowest BCUT2D eigenvalue weighted by atomic mass is 10.1. The van der Waals surface area contributed by atoms with Crippen LogP contribution in [0.1, 0.15) is 38.3 Å². The third kappa shape index (κ3) is 4.58. The SMILES string of the molecule is CCc1ccc(CN(C(=O)[C@@H]2[C@@H](C=C(Cl)Cl)C2(C)C)[C@@H]2CCS(=O)(=O)C2)cc1. The molecule has 28 heavy (non-hydrogen) atoms. The zero-order valence-electron chi connectivity index (χ0n) is 16.5. The van der Waals surface area contributed by atoms with Crippen LogP contribution in [0.4, 0.5) is 0 Å². The number of hydrogen-bond acceptors (Lipinski definition) is 3. The lowest BCUT2D eigenvalue weighted by Crippen LogP contribution is -2.42. The summed E-state index contributed by atoms with van der Waals surface area (Å²) in [5, 5.41) is 0. The fraction of sp³-hybridized carbons (Fsp3) is 0.571. The zero-order valence-corrected chi connectivity index (χ0v) is 18.8. The summed E-state index contributed by atoms with van der Waals surface area (Å²) in [6, 6.07) is 7.88. The van der Waals surface area contributed by atoms with Gasteiger partial charge in [0.1, 0.15) is 4.49 Å². The maximum absolute atomic E-state index is 13.5. The van der Waals surface area contributed by atoms with Crippen molar-refractivity contribution in [1.29, 1.82) is 0 Å². The lowest BCUT2D eigenvalue weighted by molar-refractivity contribution is -0.136. The Bertz CT molecular complexity index is 873. The minimum absolute atomic E-state index is 0.0116. The fourth-order valence-corrected chi connectivity index (χ4v) is 6.26. The number of carbonyl (C=O) groups excluding carboxylic acids is 1. The molecule has 3 atom stereocenters. The molecule has 0 radical (unpaired) electrons. The van der Waals surface area contributed by atoms with Gasteiger partial charge in [0.05, 0.1) is 17.4 Å². The summed E-state index contributed by atoms with van der Waals surface area (Å²) in [4.78, 5) is 15.2. The van der Waals surface area contributed by atoms with Gasteiger partial charge in [-0.2, -0.15) is 0 Å². The van der Waals surface area contributed by atoms with E-state index in [-0.39, 0.29) is 45.2 Å². The summed E-state index contributed by atoms with van der Waals surface area (Å²) in [6.45, 7) is 6.56. The summed E-state index contributed by atoms with van der Waals surface area (Å²) in [5.74, 6) is -0.106. The van der Waals surface area contributed by atoms with E-state index >= 15 is 0 Å². The Morgan fingerprint density at radius 1 is 1.21 bits per heavy atom. The topological polar surface area (TPSA) is 54.5 Å². The van der Waals surface area contributed by atoms with Crippen molar-refractivity contribution in [3.8, 4) is 0 Å². The number of benzene rings is 1. The van der Waals surface area contributed by atoms with E-state index in [1.165, 1.54) is 5.56 Å². The van der Waals surface area contributed by atoms with Gasteiger partial charge in [-0.1, -0.05) is 68.2 Å². The van der Waals surface area contributed by atoms with Gasteiger partial charge in [-0.25, -0.2) is 8.42 Å². The monoisotopic (exact) mass is 443 g/mol. The van der Waals surface area contributed by atoms with Crippen molar-refractivity contribution in [3.63, 3.8) is 0 Å². The molecule has 3 rings (SSSR count). The number of nitrogens with zero attached hydrogens (tertiary/aromatic N) is 1. The number of rotatable bonds is 6. The van der Waals surface area contributed by atoms with Gasteiger partial charge < -0.3 is 4.90 Å². The van der Waals surface area contributed by atoms with Crippen LogP contribution in [0.25, 0.3) is 0 Å². The van der Waals surface area contributed by atoms with Crippen molar-refractivity contribution >= 4 is 38.9 Å². The van der Waals surface area contributed by atoms with Gasteiger partial charge in [0, 0.05) is 12.6 Å². The average molecular weight is 444 g/mol. The maximum Gasteiger partial charge on any atom is 0.227 e. The maximum atomic E-state index is 13.5. The van der Waals surface area contributed by atoms with E-state index in [9.17, 15) is 13.2 Å². The third-order valence-electron chi connectivity index (χ3n) is 6.20. The number of sulfone groups is 1. The highest BCUT2D eigenvalue weighted by molar-refractivity contribution is 7.91. The molecule has 7 heteroatoms. The molecule has 4 nitrogen and oxygen atoms in total. The molecule has 154 valence electrons. The minimum Gasteiger partial charge on any atom is -0.334 e. The summed E-state index contributed by atoms with van der Waals surface area (Å²) < 4.78 is 24.3. The second-order valence-corrected chi connectivity index (χ2v) is 11.7. The van der Waals surface area contributed by atoms with E-state index in [0.29, 0.717) is 13.0 Å². The first kappa shape index (κ1) is 21.7. The Balaban J connectivity index is 1.86. The molecule has 1 heterocycles. The molecule has 0 bridgehead atoms. The first-order valence-electron chi connectivity index (χ1n) is 9.66. The van der Waals surface area contributed by atoms with Crippen LogP contribution in [-0.4, -0.2) is 36.8 Å². The normalized spacial score (nSPS) is 27.2. The largest absolute Gasteiger partial charge is 0.334 e. The number of hydrogen-bond donors (Lipinski definition) is 0. The number of carbonyl (C=O) groups is 1. The molecule has 0 N–H and O–H groups in total. The van der Waals surface area contributed by atoms with Crippen LogP contribution in [0.5, 0.6) is 0 Å². The van der Waals surface area contributed by atoms with Crippen LogP contribution in [-0.2, 0) is 27.6 Å². The van der Waals surface area contributed by atoms with Gasteiger partial charge in [-0.3, -0.25) is 4.79 Å². The van der Waals surface area contributed by atoms with E-state index in [2.05, 4.69) is 19.1 Å². The highest BCUT2D eigenvalue weighted by Gasteiger charge is 2.62. The molecule has 2 aliphatic rings. The van der Waals surface area contributed by atoms with Gasteiger partial charge in [0.25, 0.3) is 0 Å². The molecule has 1 saturated heterocycles. The van der Waals surface area contributed by atoms with Gasteiger partial charge in [0.2, 0.25) is 5.91 Å². The standard InChI is InChI=1S/C21H27Cl2NO3S/c1-4-14-5-7-15(8-6-14)12-24(16-9-10-28(26,27)13-16)20(25)19-17(11-18(22)23)21(19,2)3/h5-8,11,16-17,19H,4,9-10,12-13H2,1-3H3/t16-,17-,19+/m1/s1. The Hall–Kier alpha value is -1.04. The lowest BCUT2D eigenvalue weighted by Gasteiger charge is -2.29. The second-order valence-electron chi connectivity index (χ2n) is 8.47. The molecule has 0 aromatic heterocycles. The van der Waals surface area contributed by atoms with Crippen LogP contribution in [0.15, 0.2) is 34.8 Å². The van der Waals surface area contributed by atoms with E-state index in [0.717, 1.165) is 12.0 Å². The third-order valence-corrected chi connectivity index (χ3v) is 8.20. The Morgan fingerprint density at radius 2 is 1.82 bits per heavy atom. The quantitative estimate of drug-likeness (QED) is 0.656. The average Bonchev–Trinajstić information content (AvgIpc) is 2.95. The molecule has 1 aliphatic heterocycles. The smallest absolute Gasteiger partial charge is 0.227 e. The van der Waals surface area contributed by atoms with E-state index in [1.54, 1.807) is 11.0 Å². The number of aryl methyl sites for hydroxylation is 1. The predicted molar refractivity (Wildman–Crippen MR) is 114 cm³/mol. The van der Waals surface area contributed by atoms with Crippen LogP contribution in [0.3, 0.4) is 0 Å². The van der Waals surface area contributed by atoms with Crippen molar-refractivity contribution in [3.05, 3.63) is 46.0 Å². The van der Waals surface area contributed by atoms with Gasteiger partial charge in [-0.15, -0.1) is 0 Å². The van der Waals surface area contributed by atoms with Gasteiger partial charge in [-0.05, 0) is 41.4 Å². The fourth-order valence-electron chi connectivity index (χ4n) is 4.26. The zero-order chi connectivity index (χ0) is 20.7. The minimum atomic E-state index is -3.09. The number of allylic oxidation sites excluding steroid dienone is 1. The molecule has 0 spiro atoms. The Kier molecular flexibility index (Phi) is 6.19. The summed E-state index contributed by atoms with van der Waals surface area (Å²) in [5.41, 5.74) is 2.00. The molecular weight excluding hydrogens is 417 g/mol. The summed E-state index contributed by atoms with van der Waals surface area (Å²) >= 11 is 11.7. The van der Waals surface area contributed by atoms with Crippen molar-refractivity contribution in [2.75, 3.05) is 11.5 Å². The molecular formula is C21H27Cl2NO3S. The van der Waals surface area contributed by atoms with Crippen LogP contribution < -0.4 is 0 Å². The second kappa shape index (κ2) is 8.00. The van der Waals surface area contributed by atoms with Crippen LogP contribution in [0, 0.1) is 17.3 Å². The van der Waals surface area contributed by atoms with E-state index in [4.69, 9.17) is 23.2 Å². The van der Waals surface area contributed by atoms with Crippen molar-refractivity contribution in [2.45, 2.75) is 46.2 Å². The predicted octanol–water partition coefficient (Wildman–Crippen LogP) is 4.36. The summed E-state index contributed by atoms with van der Waals surface area (Å²) in [7, 11) is -3.09. The molecule has 1 aromatic rings. The molecule has 0 unspecified atom stereocenters. The highest BCUT2D eigenvalue weighted by atomic mass is 35.5. The van der Waals surface area contributed by atoms with E-state index in [1.807, 2.05) is 26.0 Å². The van der Waals surface area contributed by atoms with Crippen molar-refractivity contribution in [2.24, 2.45) is 17.3 Å². The van der Waals surface area contributed by atoms with Gasteiger partial charge in [0.15, 0.2) is 9.84 Å². The summed E-state index contributed by atoms with van der Waals surface area (Å²) in [6.07, 6.45) is 3.17. The van der Waals surface area contributed by atoms with Crippen molar-refractivity contribution in [1.82, 2.24) is 4.90 Å². The highest BCUT2D eigenvalue weighted by Crippen LogP contribution is 2.60. The van der Waals surface area contributed by atoms with E-state index < -0.39 is 9.84 Å². The van der Waals surface area contributed by atoms with Gasteiger partial charge >= 0.3 is 0 Å². The van der Waals surface area contributed by atoms with Crippen molar-refractivity contribution < 1.29 is 13.2 Å². The molecule has 1 saturated carbocycles. The molecule has 1 aromatic carbocycles. The van der Waals surface area contributed by atoms with Crippen LogP contribution in [0.2, 0.25) is 0 Å². The number of amides is 1. The Morgan fingerprint density at radius 3 is 2.32 bits per heavy atom.